The molecule has 1 heterocycles. The van der Waals surface area contributed by atoms with Crippen molar-refractivity contribution in [3.05, 3.63) is 129 Å². The summed E-state index contributed by atoms with van der Waals surface area (Å²) in [5.74, 6) is 0.587. The summed E-state index contributed by atoms with van der Waals surface area (Å²) >= 11 is 13.5. The van der Waals surface area contributed by atoms with E-state index in [1.54, 1.807) is 17.0 Å². The largest absolute Gasteiger partial charge is 0.489 e. The van der Waals surface area contributed by atoms with Gasteiger partial charge in [-0.2, -0.15) is 0 Å². The number of carbonyl (C=O) groups is 1. The van der Waals surface area contributed by atoms with E-state index in [4.69, 9.17) is 32.9 Å². The maximum Gasteiger partial charge on any atom is 0.271 e. The molecule has 1 aliphatic rings. The molecule has 0 aliphatic carbocycles. The Labute approximate surface area is 223 Å². The van der Waals surface area contributed by atoms with E-state index < -0.39 is 0 Å². The minimum Gasteiger partial charge on any atom is -0.489 e. The minimum absolute atomic E-state index is 0.112. The Morgan fingerprint density at radius 3 is 2.25 bits per heavy atom. The second-order valence-corrected chi connectivity index (χ2v) is 9.76. The summed E-state index contributed by atoms with van der Waals surface area (Å²) in [5, 5.41) is 1.77. The molecule has 0 bridgehead atoms. The predicted molar refractivity (Wildman–Crippen MR) is 150 cm³/mol. The maximum atomic E-state index is 13.4. The number of para-hydroxylation sites is 2. The topological polar surface area (TPSA) is 41.9 Å². The Bertz CT molecular complexity index is 1440. The summed E-state index contributed by atoms with van der Waals surface area (Å²) in [6, 6.07) is 32.1. The van der Waals surface area contributed by atoms with E-state index in [0.29, 0.717) is 32.5 Å². The van der Waals surface area contributed by atoms with Gasteiger partial charge in [0.05, 0.1) is 16.3 Å². The average molecular weight is 531 g/mol. The number of hydrogen-bond acceptors (Lipinski definition) is 4. The molecule has 7 heteroatoms. The number of carbonyl (C=O) groups excluding carboxylic acids is 1. The number of halogens is 2. The molecule has 0 aromatic heterocycles. The quantitative estimate of drug-likeness (QED) is 0.235. The van der Waals surface area contributed by atoms with Crippen LogP contribution in [-0.4, -0.2) is 11.1 Å². The van der Waals surface area contributed by atoms with Crippen LogP contribution in [0, 0.1) is 0 Å². The third-order valence-corrected chi connectivity index (χ3v) is 6.94. The van der Waals surface area contributed by atoms with Gasteiger partial charge in [0.2, 0.25) is 0 Å². The highest BCUT2D eigenvalue weighted by Crippen LogP contribution is 2.37. The highest BCUT2D eigenvalue weighted by atomic mass is 35.5. The van der Waals surface area contributed by atoms with Crippen molar-refractivity contribution in [2.45, 2.75) is 6.61 Å². The zero-order valence-corrected chi connectivity index (χ0v) is 21.3. The fraction of sp³-hybridized carbons (Fsp3) is 0.0345. The van der Waals surface area contributed by atoms with Crippen LogP contribution >= 0.6 is 35.0 Å². The van der Waals surface area contributed by atoms with Gasteiger partial charge in [0.1, 0.15) is 12.4 Å². The molecule has 0 N–H and O–H groups in total. The van der Waals surface area contributed by atoms with Gasteiger partial charge in [-0.3, -0.25) is 9.69 Å². The van der Waals surface area contributed by atoms with E-state index in [0.717, 1.165) is 22.5 Å². The van der Waals surface area contributed by atoms with Crippen LogP contribution in [0.2, 0.25) is 10.0 Å². The smallest absolute Gasteiger partial charge is 0.271 e. The second kappa shape index (κ2) is 11.0. The number of aliphatic imine (C=N–C) groups is 1. The van der Waals surface area contributed by atoms with Crippen LogP contribution in [0.3, 0.4) is 0 Å². The third-order valence-electron chi connectivity index (χ3n) is 5.39. The molecule has 1 amide bonds. The van der Waals surface area contributed by atoms with Crippen molar-refractivity contribution in [2.75, 3.05) is 4.90 Å². The van der Waals surface area contributed by atoms with Crippen LogP contribution in [-0.2, 0) is 11.4 Å². The SMILES string of the molecule is O=C1/C(=C\c2ccc(OCc3ccc(Cl)cc3Cl)cc2)SC(=Nc2ccccc2)N1c1ccccc1. The molecule has 0 saturated carbocycles. The Hall–Kier alpha value is -3.51. The Morgan fingerprint density at radius 1 is 0.861 bits per heavy atom. The summed E-state index contributed by atoms with van der Waals surface area (Å²) in [4.78, 5) is 20.4. The number of benzene rings is 4. The molecule has 4 aromatic carbocycles. The first-order valence-corrected chi connectivity index (χ1v) is 12.7. The van der Waals surface area contributed by atoms with Gasteiger partial charge in [0, 0.05) is 15.6 Å². The first-order chi connectivity index (χ1) is 17.6. The average Bonchev–Trinajstić information content (AvgIpc) is 3.19. The Balaban J connectivity index is 1.36. The summed E-state index contributed by atoms with van der Waals surface area (Å²) < 4.78 is 5.87. The molecule has 4 nitrogen and oxygen atoms in total. The highest BCUT2D eigenvalue weighted by Gasteiger charge is 2.34. The molecule has 0 unspecified atom stereocenters. The molecule has 0 spiro atoms. The van der Waals surface area contributed by atoms with Crippen molar-refractivity contribution in [1.29, 1.82) is 0 Å². The van der Waals surface area contributed by atoms with Gasteiger partial charge >= 0.3 is 0 Å². The molecule has 1 fully saturated rings. The number of anilines is 1. The zero-order valence-electron chi connectivity index (χ0n) is 19.0. The van der Waals surface area contributed by atoms with Crippen molar-refractivity contribution in [2.24, 2.45) is 4.99 Å². The van der Waals surface area contributed by atoms with Crippen LogP contribution in [0.1, 0.15) is 11.1 Å². The minimum atomic E-state index is -0.112. The molecule has 4 aromatic rings. The van der Waals surface area contributed by atoms with E-state index in [1.807, 2.05) is 97.1 Å². The molecule has 178 valence electrons. The van der Waals surface area contributed by atoms with Crippen molar-refractivity contribution in [3.8, 4) is 5.75 Å². The van der Waals surface area contributed by atoms with E-state index >= 15 is 0 Å². The first kappa shape index (κ1) is 24.2. The number of rotatable bonds is 6. The molecule has 0 radical (unpaired) electrons. The number of hydrogen-bond donors (Lipinski definition) is 0. The van der Waals surface area contributed by atoms with Gasteiger partial charge in [-0.15, -0.1) is 0 Å². The lowest BCUT2D eigenvalue weighted by Gasteiger charge is -2.15. The third kappa shape index (κ3) is 5.65. The second-order valence-electron chi connectivity index (χ2n) is 7.91. The Morgan fingerprint density at radius 2 is 1.56 bits per heavy atom. The van der Waals surface area contributed by atoms with Crippen molar-refractivity contribution in [3.63, 3.8) is 0 Å². The molecule has 1 saturated heterocycles. The van der Waals surface area contributed by atoms with Crippen LogP contribution < -0.4 is 9.64 Å². The lowest BCUT2D eigenvalue weighted by molar-refractivity contribution is -0.113. The number of nitrogens with zero attached hydrogens (tertiary/aromatic N) is 2. The standard InChI is InChI=1S/C29H20Cl2N2O2S/c30-22-14-13-21(26(31)18-22)19-35-25-15-11-20(12-16-25)17-27-28(34)33(24-9-5-2-6-10-24)29(36-27)32-23-7-3-1-4-8-23/h1-18H,19H2/b27-17+,32-29?. The molecule has 5 rings (SSSR count). The van der Waals surface area contributed by atoms with Crippen molar-refractivity contribution < 1.29 is 9.53 Å². The lowest BCUT2D eigenvalue weighted by atomic mass is 10.2. The number of ether oxygens (including phenoxy) is 1. The Kier molecular flexibility index (Phi) is 7.42. The number of amidine groups is 1. The van der Waals surface area contributed by atoms with Crippen molar-refractivity contribution in [1.82, 2.24) is 0 Å². The lowest BCUT2D eigenvalue weighted by Crippen LogP contribution is -2.28. The van der Waals surface area contributed by atoms with Crippen LogP contribution in [0.25, 0.3) is 6.08 Å². The highest BCUT2D eigenvalue weighted by molar-refractivity contribution is 8.19. The van der Waals surface area contributed by atoms with Crippen LogP contribution in [0.4, 0.5) is 11.4 Å². The monoisotopic (exact) mass is 530 g/mol. The van der Waals surface area contributed by atoms with E-state index in [2.05, 4.69) is 0 Å². The number of amides is 1. The molecular weight excluding hydrogens is 511 g/mol. The summed E-state index contributed by atoms with van der Waals surface area (Å²) in [5.41, 5.74) is 3.30. The normalized spacial score (nSPS) is 15.6. The van der Waals surface area contributed by atoms with Crippen molar-refractivity contribution >= 4 is 63.5 Å². The molecular formula is C29H20Cl2N2O2S. The summed E-state index contributed by atoms with van der Waals surface area (Å²) in [7, 11) is 0. The maximum absolute atomic E-state index is 13.4. The first-order valence-electron chi connectivity index (χ1n) is 11.2. The fourth-order valence-electron chi connectivity index (χ4n) is 3.58. The summed E-state index contributed by atoms with van der Waals surface area (Å²) in [6.07, 6.45) is 1.87. The van der Waals surface area contributed by atoms with Gasteiger partial charge in [-0.05, 0) is 71.9 Å². The van der Waals surface area contributed by atoms with E-state index in [9.17, 15) is 4.79 Å². The zero-order chi connectivity index (χ0) is 24.9. The van der Waals surface area contributed by atoms with Crippen LogP contribution in [0.15, 0.2) is 113 Å². The summed E-state index contributed by atoms with van der Waals surface area (Å²) in [6.45, 7) is 0.329. The van der Waals surface area contributed by atoms with Gasteiger partial charge < -0.3 is 4.74 Å². The fourth-order valence-corrected chi connectivity index (χ4v) is 5.04. The van der Waals surface area contributed by atoms with E-state index in [1.165, 1.54) is 11.8 Å². The van der Waals surface area contributed by atoms with Gasteiger partial charge in [-0.25, -0.2) is 4.99 Å². The van der Waals surface area contributed by atoms with Gasteiger partial charge in [0.15, 0.2) is 5.17 Å². The predicted octanol–water partition coefficient (Wildman–Crippen LogP) is 8.38. The van der Waals surface area contributed by atoms with Gasteiger partial charge in [0.25, 0.3) is 5.91 Å². The molecule has 36 heavy (non-hydrogen) atoms. The molecule has 1 aliphatic heterocycles. The number of thioether (sulfide) groups is 1. The molecule has 0 atom stereocenters. The van der Waals surface area contributed by atoms with Crippen LogP contribution in [0.5, 0.6) is 5.75 Å². The van der Waals surface area contributed by atoms with Gasteiger partial charge in [-0.1, -0.05) is 77.8 Å². The van der Waals surface area contributed by atoms with E-state index in [-0.39, 0.29) is 5.91 Å².